The summed E-state index contributed by atoms with van der Waals surface area (Å²) >= 11 is 3.33. The molecule has 1 heterocycles. The van der Waals surface area contributed by atoms with Crippen molar-refractivity contribution in [1.82, 2.24) is 5.48 Å². The number of benzene rings is 1. The zero-order valence-electron chi connectivity index (χ0n) is 9.78. The molecular weight excluding hydrogens is 282 g/mol. The van der Waals surface area contributed by atoms with Crippen LogP contribution >= 0.6 is 15.9 Å². The lowest BCUT2D eigenvalue weighted by atomic mass is 10.1. The molecule has 1 aromatic rings. The topological polar surface area (TPSA) is 30.5 Å². The average molecular weight is 298 g/mol. The van der Waals surface area contributed by atoms with Gasteiger partial charge in [-0.25, -0.2) is 0 Å². The summed E-state index contributed by atoms with van der Waals surface area (Å²) in [5.74, 6) is 0.913. The third kappa shape index (κ3) is 3.48. The van der Waals surface area contributed by atoms with Crippen LogP contribution < -0.4 is 10.2 Å². The van der Waals surface area contributed by atoms with Gasteiger partial charge in [-0.05, 0) is 46.1 Å². The van der Waals surface area contributed by atoms with Crippen LogP contribution in [0.2, 0.25) is 0 Å². The maximum absolute atomic E-state index is 5.60. The molecule has 0 spiro atoms. The lowest BCUT2D eigenvalue weighted by molar-refractivity contribution is 0.0457. The minimum absolute atomic E-state index is 0.0333. The van der Waals surface area contributed by atoms with Gasteiger partial charge >= 0.3 is 0 Å². The monoisotopic (exact) mass is 297 g/mol. The van der Waals surface area contributed by atoms with Crippen molar-refractivity contribution in [2.45, 2.75) is 25.9 Å². The molecule has 1 aliphatic heterocycles. The van der Waals surface area contributed by atoms with E-state index in [-0.39, 0.29) is 6.10 Å². The third-order valence-corrected chi connectivity index (χ3v) is 2.98. The lowest BCUT2D eigenvalue weighted by Crippen LogP contribution is -2.05. The molecule has 3 nitrogen and oxygen atoms in total. The maximum Gasteiger partial charge on any atom is 0.131 e. The summed E-state index contributed by atoms with van der Waals surface area (Å²) in [6.45, 7) is 2.93. The van der Waals surface area contributed by atoms with Crippen molar-refractivity contribution in [2.24, 2.45) is 0 Å². The largest absolute Gasteiger partial charge is 0.494 e. The van der Waals surface area contributed by atoms with Crippen LogP contribution in [0.15, 0.2) is 34.9 Å². The number of hydrogen-bond acceptors (Lipinski definition) is 3. The molecule has 0 aliphatic carbocycles. The zero-order valence-corrected chi connectivity index (χ0v) is 11.4. The van der Waals surface area contributed by atoms with Crippen molar-refractivity contribution in [2.75, 3.05) is 6.61 Å². The summed E-state index contributed by atoms with van der Waals surface area (Å²) in [5.41, 5.74) is 3.88. The Labute approximate surface area is 110 Å². The van der Waals surface area contributed by atoms with Gasteiger partial charge < -0.3 is 4.74 Å². The molecular formula is C13H16BrNO2. The van der Waals surface area contributed by atoms with E-state index in [1.54, 1.807) is 0 Å². The normalized spacial score (nSPS) is 18.7. The molecule has 1 atom stereocenters. The van der Waals surface area contributed by atoms with Crippen LogP contribution in [0, 0.1) is 0 Å². The van der Waals surface area contributed by atoms with E-state index < -0.39 is 0 Å². The first-order valence-electron chi connectivity index (χ1n) is 5.81. The summed E-state index contributed by atoms with van der Waals surface area (Å²) in [4.78, 5) is 5.36. The summed E-state index contributed by atoms with van der Waals surface area (Å²) in [6, 6.07) is 8.01. The highest BCUT2D eigenvalue weighted by Gasteiger charge is 2.16. The SMILES string of the molecule is CCCCOc1ccc(C2C=C(Br)NO2)cc1. The Kier molecular flexibility index (Phi) is 4.45. The minimum atomic E-state index is -0.0333. The molecule has 17 heavy (non-hydrogen) atoms. The Balaban J connectivity index is 1.93. The summed E-state index contributed by atoms with van der Waals surface area (Å²) < 4.78 is 6.47. The van der Waals surface area contributed by atoms with Gasteiger partial charge in [-0.2, -0.15) is 0 Å². The van der Waals surface area contributed by atoms with E-state index in [2.05, 4.69) is 28.3 Å². The number of ether oxygens (including phenoxy) is 1. The van der Waals surface area contributed by atoms with Crippen molar-refractivity contribution in [1.29, 1.82) is 0 Å². The minimum Gasteiger partial charge on any atom is -0.494 e. The van der Waals surface area contributed by atoms with Gasteiger partial charge in [0.05, 0.1) is 6.61 Å². The molecule has 92 valence electrons. The van der Waals surface area contributed by atoms with Gasteiger partial charge in [-0.1, -0.05) is 25.5 Å². The van der Waals surface area contributed by atoms with Gasteiger partial charge in [-0.3, -0.25) is 10.3 Å². The van der Waals surface area contributed by atoms with Crippen LogP contribution in [0.5, 0.6) is 5.75 Å². The molecule has 0 radical (unpaired) electrons. The van der Waals surface area contributed by atoms with Crippen LogP contribution in [-0.4, -0.2) is 6.61 Å². The molecule has 1 aromatic carbocycles. The van der Waals surface area contributed by atoms with E-state index in [1.807, 2.05) is 30.3 Å². The molecule has 0 saturated carbocycles. The van der Waals surface area contributed by atoms with Crippen molar-refractivity contribution < 1.29 is 9.57 Å². The standard InChI is InChI=1S/C13H16BrNO2/c1-2-3-8-16-11-6-4-10(5-7-11)12-9-13(14)15-17-12/h4-7,9,12,15H,2-3,8H2,1H3. The van der Waals surface area contributed by atoms with Crippen LogP contribution in [0.3, 0.4) is 0 Å². The molecule has 0 saturated heterocycles. The highest BCUT2D eigenvalue weighted by Crippen LogP contribution is 2.27. The molecule has 4 heteroatoms. The Bertz CT molecular complexity index is 389. The summed E-state index contributed by atoms with van der Waals surface area (Å²) in [7, 11) is 0. The Morgan fingerprint density at radius 3 is 2.71 bits per heavy atom. The van der Waals surface area contributed by atoms with E-state index in [1.165, 1.54) is 0 Å². The number of rotatable bonds is 5. The number of hydroxylamine groups is 1. The molecule has 1 aliphatic rings. The van der Waals surface area contributed by atoms with Gasteiger partial charge in [0.25, 0.3) is 0 Å². The van der Waals surface area contributed by atoms with E-state index in [9.17, 15) is 0 Å². The zero-order chi connectivity index (χ0) is 12.1. The van der Waals surface area contributed by atoms with E-state index in [0.29, 0.717) is 0 Å². The molecule has 0 aromatic heterocycles. The van der Waals surface area contributed by atoms with Gasteiger partial charge in [-0.15, -0.1) is 0 Å². The second kappa shape index (κ2) is 6.07. The summed E-state index contributed by atoms with van der Waals surface area (Å²) in [5, 5.41) is 0. The van der Waals surface area contributed by atoms with Crippen molar-refractivity contribution >= 4 is 15.9 Å². The van der Waals surface area contributed by atoms with Crippen molar-refractivity contribution in [3.05, 3.63) is 40.5 Å². The van der Waals surface area contributed by atoms with Gasteiger partial charge in [0.15, 0.2) is 0 Å². The van der Waals surface area contributed by atoms with E-state index in [4.69, 9.17) is 9.57 Å². The first kappa shape index (κ1) is 12.5. The smallest absolute Gasteiger partial charge is 0.131 e. The molecule has 0 bridgehead atoms. The Morgan fingerprint density at radius 2 is 2.12 bits per heavy atom. The quantitative estimate of drug-likeness (QED) is 0.664. The van der Waals surface area contributed by atoms with Crippen molar-refractivity contribution in [3.8, 4) is 5.75 Å². The molecule has 0 fully saturated rings. The third-order valence-electron chi connectivity index (χ3n) is 2.56. The molecule has 0 amide bonds. The van der Waals surface area contributed by atoms with E-state index in [0.717, 1.165) is 35.4 Å². The van der Waals surface area contributed by atoms with Gasteiger partial charge in [0.2, 0.25) is 0 Å². The first-order chi connectivity index (χ1) is 8.29. The number of unbranched alkanes of at least 4 members (excludes halogenated alkanes) is 1. The predicted molar refractivity (Wildman–Crippen MR) is 70.8 cm³/mol. The second-order valence-electron chi connectivity index (χ2n) is 3.93. The Morgan fingerprint density at radius 1 is 1.35 bits per heavy atom. The number of hydrogen-bond donors (Lipinski definition) is 1. The summed E-state index contributed by atoms with van der Waals surface area (Å²) in [6.07, 6.45) is 4.19. The highest BCUT2D eigenvalue weighted by molar-refractivity contribution is 9.11. The number of nitrogens with one attached hydrogen (secondary N) is 1. The van der Waals surface area contributed by atoms with Crippen LogP contribution in [0.25, 0.3) is 0 Å². The fourth-order valence-electron chi connectivity index (χ4n) is 1.57. The first-order valence-corrected chi connectivity index (χ1v) is 6.60. The fraction of sp³-hybridized carbons (Fsp3) is 0.385. The maximum atomic E-state index is 5.60. The van der Waals surface area contributed by atoms with Crippen LogP contribution in [0.4, 0.5) is 0 Å². The van der Waals surface area contributed by atoms with Crippen LogP contribution in [-0.2, 0) is 4.84 Å². The second-order valence-corrected chi connectivity index (χ2v) is 4.78. The predicted octanol–water partition coefficient (Wildman–Crippen LogP) is 3.68. The molecule has 2 rings (SSSR count). The molecule has 1 N–H and O–H groups in total. The molecule has 1 unspecified atom stereocenters. The lowest BCUT2D eigenvalue weighted by Gasteiger charge is -2.09. The van der Waals surface area contributed by atoms with Crippen molar-refractivity contribution in [3.63, 3.8) is 0 Å². The van der Waals surface area contributed by atoms with Gasteiger partial charge in [0, 0.05) is 0 Å². The van der Waals surface area contributed by atoms with Gasteiger partial charge in [0.1, 0.15) is 16.5 Å². The van der Waals surface area contributed by atoms with Crippen LogP contribution in [0.1, 0.15) is 31.4 Å². The fourth-order valence-corrected chi connectivity index (χ4v) is 1.91. The number of halogens is 1. The average Bonchev–Trinajstić information content (AvgIpc) is 2.77. The Hall–Kier alpha value is -1.00. The van der Waals surface area contributed by atoms with E-state index >= 15 is 0 Å². The highest BCUT2D eigenvalue weighted by atomic mass is 79.9.